The van der Waals surface area contributed by atoms with E-state index in [9.17, 15) is 5.11 Å². The van der Waals surface area contributed by atoms with Crippen LogP contribution in [0, 0.1) is 6.92 Å². The minimum Gasteiger partial charge on any atom is -0.392 e. The highest BCUT2D eigenvalue weighted by Crippen LogP contribution is 2.22. The van der Waals surface area contributed by atoms with Gasteiger partial charge in [-0.25, -0.2) is 0 Å². The van der Waals surface area contributed by atoms with Crippen LogP contribution in [0.3, 0.4) is 0 Å². The Labute approximate surface area is 90.7 Å². The number of aliphatic hydroxyl groups excluding tert-OH is 1. The number of hydrogen-bond donors (Lipinski definition) is 1. The lowest BCUT2D eigenvalue weighted by atomic mass is 10.1. The second-order valence-corrected chi connectivity index (χ2v) is 4.16. The summed E-state index contributed by atoms with van der Waals surface area (Å²) in [5.41, 5.74) is 2.79. The molecule has 2 rings (SSSR count). The maximum absolute atomic E-state index is 9.21. The summed E-state index contributed by atoms with van der Waals surface area (Å²) in [7, 11) is 0. The highest BCUT2D eigenvalue weighted by atomic mass is 79.9. The molecule has 0 amide bonds. The van der Waals surface area contributed by atoms with E-state index in [4.69, 9.17) is 0 Å². The standard InChI is InChI=1S/C11H10BrNO/c1-7-4-8(6-14)10-5-9(12)2-3-11(10)13-7/h2-5,14H,6H2,1H3. The number of aromatic nitrogens is 1. The normalized spacial score (nSPS) is 10.8. The van der Waals surface area contributed by atoms with Crippen LogP contribution < -0.4 is 0 Å². The number of aliphatic hydroxyl groups is 1. The number of fused-ring (bicyclic) bond motifs is 1. The molecule has 0 aliphatic carbocycles. The second-order valence-electron chi connectivity index (χ2n) is 3.24. The molecular formula is C11H10BrNO. The molecule has 0 atom stereocenters. The van der Waals surface area contributed by atoms with Crippen LogP contribution in [-0.4, -0.2) is 10.1 Å². The summed E-state index contributed by atoms with van der Waals surface area (Å²) in [5, 5.41) is 10.2. The molecule has 72 valence electrons. The average Bonchev–Trinajstić information content (AvgIpc) is 2.17. The number of nitrogens with zero attached hydrogens (tertiary/aromatic N) is 1. The van der Waals surface area contributed by atoms with Crippen molar-refractivity contribution in [2.24, 2.45) is 0 Å². The molecule has 0 aliphatic rings. The van der Waals surface area contributed by atoms with Crippen molar-refractivity contribution in [2.45, 2.75) is 13.5 Å². The molecule has 2 aromatic rings. The highest BCUT2D eigenvalue weighted by Gasteiger charge is 2.03. The maximum Gasteiger partial charge on any atom is 0.0709 e. The van der Waals surface area contributed by atoms with E-state index in [1.807, 2.05) is 31.2 Å². The molecule has 1 aromatic heterocycles. The number of halogens is 1. The Morgan fingerprint density at radius 2 is 2.14 bits per heavy atom. The first-order chi connectivity index (χ1) is 6.70. The van der Waals surface area contributed by atoms with Gasteiger partial charge in [0.15, 0.2) is 0 Å². The van der Waals surface area contributed by atoms with Crippen LogP contribution >= 0.6 is 15.9 Å². The van der Waals surface area contributed by atoms with E-state index in [1.54, 1.807) is 0 Å². The molecule has 14 heavy (non-hydrogen) atoms. The fraction of sp³-hybridized carbons (Fsp3) is 0.182. The third-order valence-electron chi connectivity index (χ3n) is 2.15. The van der Waals surface area contributed by atoms with E-state index in [2.05, 4.69) is 20.9 Å². The van der Waals surface area contributed by atoms with Gasteiger partial charge in [0.25, 0.3) is 0 Å². The van der Waals surface area contributed by atoms with Gasteiger partial charge in [-0.05, 0) is 36.8 Å². The minimum absolute atomic E-state index is 0.0519. The molecule has 0 spiro atoms. The van der Waals surface area contributed by atoms with E-state index in [-0.39, 0.29) is 6.61 Å². The lowest BCUT2D eigenvalue weighted by molar-refractivity contribution is 0.283. The Bertz CT molecular complexity index is 482. The molecule has 0 saturated heterocycles. The van der Waals surface area contributed by atoms with Crippen LogP contribution in [0.5, 0.6) is 0 Å². The van der Waals surface area contributed by atoms with Crippen molar-refractivity contribution >= 4 is 26.8 Å². The molecule has 0 radical (unpaired) electrons. The third kappa shape index (κ3) is 1.65. The van der Waals surface area contributed by atoms with Crippen molar-refractivity contribution in [3.8, 4) is 0 Å². The van der Waals surface area contributed by atoms with Crippen LogP contribution in [0.25, 0.3) is 10.9 Å². The van der Waals surface area contributed by atoms with Crippen molar-refractivity contribution in [1.29, 1.82) is 0 Å². The van der Waals surface area contributed by atoms with Gasteiger partial charge in [0.05, 0.1) is 12.1 Å². The van der Waals surface area contributed by atoms with Crippen LogP contribution in [0.1, 0.15) is 11.3 Å². The van der Waals surface area contributed by atoms with Crippen LogP contribution in [0.15, 0.2) is 28.7 Å². The van der Waals surface area contributed by atoms with Gasteiger partial charge in [0.2, 0.25) is 0 Å². The Balaban J connectivity index is 2.81. The van der Waals surface area contributed by atoms with Gasteiger partial charge < -0.3 is 5.11 Å². The first-order valence-electron chi connectivity index (χ1n) is 4.37. The van der Waals surface area contributed by atoms with Gasteiger partial charge in [-0.2, -0.15) is 0 Å². The molecule has 0 bridgehead atoms. The SMILES string of the molecule is Cc1cc(CO)c2cc(Br)ccc2n1. The van der Waals surface area contributed by atoms with Crippen molar-refractivity contribution < 1.29 is 5.11 Å². The van der Waals surface area contributed by atoms with Gasteiger partial charge >= 0.3 is 0 Å². The summed E-state index contributed by atoms with van der Waals surface area (Å²) in [6.45, 7) is 1.98. The zero-order valence-corrected chi connectivity index (χ0v) is 9.37. The number of hydrogen-bond acceptors (Lipinski definition) is 2. The number of aryl methyl sites for hydroxylation is 1. The van der Waals surface area contributed by atoms with Gasteiger partial charge in [-0.3, -0.25) is 4.98 Å². The molecule has 0 aliphatic heterocycles. The largest absolute Gasteiger partial charge is 0.392 e. The van der Waals surface area contributed by atoms with Gasteiger partial charge in [0, 0.05) is 15.6 Å². The van der Waals surface area contributed by atoms with Crippen molar-refractivity contribution in [1.82, 2.24) is 4.98 Å². The molecule has 3 heteroatoms. The summed E-state index contributed by atoms with van der Waals surface area (Å²) < 4.78 is 1.00. The zero-order valence-electron chi connectivity index (χ0n) is 7.79. The van der Waals surface area contributed by atoms with Gasteiger partial charge in [-0.1, -0.05) is 15.9 Å². The molecule has 0 fully saturated rings. The predicted octanol–water partition coefficient (Wildman–Crippen LogP) is 2.80. The van der Waals surface area contributed by atoms with E-state index in [0.29, 0.717) is 0 Å². The number of pyridine rings is 1. The van der Waals surface area contributed by atoms with E-state index >= 15 is 0 Å². The van der Waals surface area contributed by atoms with Gasteiger partial charge in [-0.15, -0.1) is 0 Å². The fourth-order valence-corrected chi connectivity index (χ4v) is 1.91. The van der Waals surface area contributed by atoms with Crippen LogP contribution in [0.4, 0.5) is 0 Å². The van der Waals surface area contributed by atoms with Gasteiger partial charge in [0.1, 0.15) is 0 Å². The summed E-state index contributed by atoms with van der Waals surface area (Å²) >= 11 is 3.40. The zero-order chi connectivity index (χ0) is 10.1. The smallest absolute Gasteiger partial charge is 0.0709 e. The van der Waals surface area contributed by atoms with E-state index in [0.717, 1.165) is 26.6 Å². The van der Waals surface area contributed by atoms with Crippen molar-refractivity contribution in [3.63, 3.8) is 0 Å². The topological polar surface area (TPSA) is 33.1 Å². The lowest BCUT2D eigenvalue weighted by Crippen LogP contribution is -1.91. The number of rotatable bonds is 1. The molecule has 0 unspecified atom stereocenters. The monoisotopic (exact) mass is 251 g/mol. The van der Waals surface area contributed by atoms with Crippen molar-refractivity contribution in [2.75, 3.05) is 0 Å². The van der Waals surface area contributed by atoms with E-state index in [1.165, 1.54) is 0 Å². The molecule has 1 heterocycles. The minimum atomic E-state index is 0.0519. The fourth-order valence-electron chi connectivity index (χ4n) is 1.55. The first kappa shape index (κ1) is 9.62. The van der Waals surface area contributed by atoms with Crippen LogP contribution in [-0.2, 0) is 6.61 Å². The molecule has 1 N–H and O–H groups in total. The summed E-state index contributed by atoms with van der Waals surface area (Å²) in [6, 6.07) is 7.80. The third-order valence-corrected chi connectivity index (χ3v) is 2.65. The van der Waals surface area contributed by atoms with Crippen molar-refractivity contribution in [3.05, 3.63) is 40.0 Å². The Kier molecular flexibility index (Phi) is 2.52. The Morgan fingerprint density at radius 1 is 1.36 bits per heavy atom. The average molecular weight is 252 g/mol. The predicted molar refractivity (Wildman–Crippen MR) is 60.1 cm³/mol. The molecule has 0 saturated carbocycles. The van der Waals surface area contributed by atoms with E-state index < -0.39 is 0 Å². The maximum atomic E-state index is 9.21. The van der Waals surface area contributed by atoms with Crippen LogP contribution in [0.2, 0.25) is 0 Å². The highest BCUT2D eigenvalue weighted by molar-refractivity contribution is 9.10. The summed E-state index contributed by atoms with van der Waals surface area (Å²) in [6.07, 6.45) is 0. The Hall–Kier alpha value is -0.930. The molecule has 1 aromatic carbocycles. The lowest BCUT2D eigenvalue weighted by Gasteiger charge is -2.05. The molecule has 2 nitrogen and oxygen atoms in total. The summed E-state index contributed by atoms with van der Waals surface area (Å²) in [5.74, 6) is 0. The molecular weight excluding hydrogens is 242 g/mol. The quantitative estimate of drug-likeness (QED) is 0.846. The second kappa shape index (κ2) is 3.67. The number of benzene rings is 1. The Morgan fingerprint density at radius 3 is 2.86 bits per heavy atom. The first-order valence-corrected chi connectivity index (χ1v) is 5.16. The summed E-state index contributed by atoms with van der Waals surface area (Å²) in [4.78, 5) is 4.39.